The molecule has 0 bridgehead atoms. The molecule has 35 heavy (non-hydrogen) atoms. The van der Waals surface area contributed by atoms with Gasteiger partial charge in [0.1, 0.15) is 24.2 Å². The van der Waals surface area contributed by atoms with Crippen LogP contribution in [0.15, 0.2) is 59.1 Å². The maximum absolute atomic E-state index is 13.2. The summed E-state index contributed by atoms with van der Waals surface area (Å²) in [4.78, 5) is 31.4. The van der Waals surface area contributed by atoms with Crippen LogP contribution in [0.3, 0.4) is 0 Å². The van der Waals surface area contributed by atoms with Crippen LogP contribution < -0.4 is 15.0 Å². The van der Waals surface area contributed by atoms with Crippen molar-refractivity contribution in [1.29, 1.82) is 0 Å². The van der Waals surface area contributed by atoms with Gasteiger partial charge in [-0.3, -0.25) is 9.59 Å². The number of oxazole rings is 1. The summed E-state index contributed by atoms with van der Waals surface area (Å²) in [5.41, 5.74) is 2.45. The van der Waals surface area contributed by atoms with Crippen LogP contribution in [0.4, 0.5) is 5.69 Å². The normalized spacial score (nSPS) is 13.6. The lowest BCUT2D eigenvalue weighted by molar-refractivity contribution is -0.118. The number of anilines is 1. The Balaban J connectivity index is 1.47. The number of fused-ring (bicyclic) bond motifs is 1. The molecule has 4 rings (SSSR count). The number of likely N-dealkylation sites (N-methyl/N-ethyl adjacent to an activating group) is 1. The monoisotopic (exact) mass is 475 g/mol. The van der Waals surface area contributed by atoms with E-state index in [1.807, 2.05) is 56.4 Å². The summed E-state index contributed by atoms with van der Waals surface area (Å²) >= 11 is 0. The Morgan fingerprint density at radius 3 is 2.74 bits per heavy atom. The molecule has 1 aromatic heterocycles. The highest BCUT2D eigenvalue weighted by Crippen LogP contribution is 2.32. The largest absolute Gasteiger partial charge is 0.490 e. The lowest BCUT2D eigenvalue weighted by atomic mass is 10.0. The lowest BCUT2D eigenvalue weighted by Crippen LogP contribution is -2.31. The second-order valence-corrected chi connectivity index (χ2v) is 8.90. The minimum Gasteiger partial charge on any atom is -0.490 e. The molecule has 1 N–H and O–H groups in total. The Kier molecular flexibility index (Phi) is 8.19. The number of nitrogens with one attached hydrogen (secondary N) is 1. The van der Waals surface area contributed by atoms with Gasteiger partial charge < -0.3 is 19.4 Å². The van der Waals surface area contributed by atoms with Crippen LogP contribution in [0.5, 0.6) is 5.75 Å². The van der Waals surface area contributed by atoms with E-state index in [1.54, 1.807) is 12.3 Å². The van der Waals surface area contributed by atoms with Crippen LogP contribution in [0, 0.1) is 0 Å². The van der Waals surface area contributed by atoms with Gasteiger partial charge in [-0.05, 0) is 31.0 Å². The number of ketones is 1. The molecule has 0 saturated carbocycles. The first-order valence-electron chi connectivity index (χ1n) is 12.4. The number of rotatable bonds is 11. The predicted octanol–water partition coefficient (Wildman–Crippen LogP) is 5.57. The Bertz CT molecular complexity index is 1140. The van der Waals surface area contributed by atoms with E-state index in [0.717, 1.165) is 37.1 Å². The number of hydrogen-bond donors (Lipinski definition) is 1. The summed E-state index contributed by atoms with van der Waals surface area (Å²) in [6.45, 7) is 3.30. The van der Waals surface area contributed by atoms with Crippen LogP contribution >= 0.6 is 0 Å². The van der Waals surface area contributed by atoms with E-state index in [-0.39, 0.29) is 17.7 Å². The first-order valence-corrected chi connectivity index (χ1v) is 12.4. The third-order valence-electron chi connectivity index (χ3n) is 6.35. The number of aromatic nitrogens is 1. The smallest absolute Gasteiger partial charge is 0.252 e. The van der Waals surface area contributed by atoms with Crippen molar-refractivity contribution in [2.45, 2.75) is 51.5 Å². The van der Waals surface area contributed by atoms with Crippen molar-refractivity contribution in [2.75, 3.05) is 25.1 Å². The second kappa shape index (κ2) is 11.7. The van der Waals surface area contributed by atoms with Gasteiger partial charge >= 0.3 is 0 Å². The van der Waals surface area contributed by atoms with Crippen LogP contribution in [0.25, 0.3) is 11.3 Å². The van der Waals surface area contributed by atoms with Crippen LogP contribution in [0.1, 0.15) is 67.7 Å². The number of Topliss-reactive ketones (excluding diaryl/α,β-unsaturated/α-hetero) is 1. The molecule has 1 atom stereocenters. The van der Waals surface area contributed by atoms with Gasteiger partial charge in [0.05, 0.1) is 18.4 Å². The molecule has 1 aliphatic rings. The Labute approximate surface area is 206 Å². The van der Waals surface area contributed by atoms with E-state index in [9.17, 15) is 9.59 Å². The van der Waals surface area contributed by atoms with Gasteiger partial charge in [0, 0.05) is 31.0 Å². The second-order valence-electron chi connectivity index (χ2n) is 8.90. The molecule has 1 amide bonds. The molecular formula is C28H33N3O4. The summed E-state index contributed by atoms with van der Waals surface area (Å²) in [6, 6.07) is 14.9. The fraction of sp³-hybridized carbons (Fsp3) is 0.393. The maximum atomic E-state index is 13.2. The van der Waals surface area contributed by atoms with E-state index in [2.05, 4.69) is 15.2 Å². The number of ether oxygens (including phenoxy) is 1. The van der Waals surface area contributed by atoms with Crippen LogP contribution in [0.2, 0.25) is 0 Å². The standard InChI is InChI=1S/C28H33N3O4/c1-3-22(32)12-8-5-9-13-23(28-29-19-26(35-28)20-10-6-4-7-11-20)30-27(33)21-14-15-24-25(18-21)34-17-16-31(24)2/h4,6-7,10-11,14-15,18-19,23H,3,5,8-9,12-13,16-17H2,1-2H3,(H,30,33)/t23-/m0/s1. The minimum absolute atomic E-state index is 0.199. The Morgan fingerprint density at radius 1 is 1.11 bits per heavy atom. The average molecular weight is 476 g/mol. The summed E-state index contributed by atoms with van der Waals surface area (Å²) in [5, 5.41) is 3.11. The third-order valence-corrected chi connectivity index (χ3v) is 6.35. The maximum Gasteiger partial charge on any atom is 0.252 e. The molecule has 2 heterocycles. The Morgan fingerprint density at radius 2 is 1.94 bits per heavy atom. The number of amides is 1. The molecule has 0 unspecified atom stereocenters. The van der Waals surface area contributed by atoms with Crippen molar-refractivity contribution in [3.05, 3.63) is 66.2 Å². The van der Waals surface area contributed by atoms with Gasteiger partial charge in [0.2, 0.25) is 5.89 Å². The highest BCUT2D eigenvalue weighted by molar-refractivity contribution is 5.95. The average Bonchev–Trinajstić information content (AvgIpc) is 3.38. The number of carbonyl (C=O) groups excluding carboxylic acids is 2. The molecule has 7 heteroatoms. The van der Waals surface area contributed by atoms with Crippen molar-refractivity contribution >= 4 is 17.4 Å². The minimum atomic E-state index is -0.374. The Hall–Kier alpha value is -3.61. The number of benzene rings is 2. The molecule has 184 valence electrons. The molecule has 0 fully saturated rings. The van der Waals surface area contributed by atoms with Gasteiger partial charge in [0.25, 0.3) is 5.91 Å². The quantitative estimate of drug-likeness (QED) is 0.365. The molecule has 7 nitrogen and oxygen atoms in total. The summed E-state index contributed by atoms with van der Waals surface area (Å²) in [6.07, 6.45) is 6.17. The van der Waals surface area contributed by atoms with Crippen LogP contribution in [-0.4, -0.2) is 36.9 Å². The molecule has 1 aliphatic heterocycles. The summed E-state index contributed by atoms with van der Waals surface area (Å²) in [7, 11) is 2.01. The fourth-order valence-electron chi connectivity index (χ4n) is 4.21. The molecule has 3 aromatic rings. The van der Waals surface area contributed by atoms with E-state index in [1.165, 1.54) is 0 Å². The van der Waals surface area contributed by atoms with Gasteiger partial charge in [-0.1, -0.05) is 50.1 Å². The first kappa shape index (κ1) is 24.5. The highest BCUT2D eigenvalue weighted by atomic mass is 16.5. The van der Waals surface area contributed by atoms with Crippen molar-refractivity contribution in [1.82, 2.24) is 10.3 Å². The molecule has 0 radical (unpaired) electrons. The van der Waals surface area contributed by atoms with Crippen LogP contribution in [-0.2, 0) is 4.79 Å². The first-order chi connectivity index (χ1) is 17.0. The highest BCUT2D eigenvalue weighted by Gasteiger charge is 2.23. The van der Waals surface area contributed by atoms with Gasteiger partial charge in [0.15, 0.2) is 5.76 Å². The van der Waals surface area contributed by atoms with Gasteiger partial charge in [-0.15, -0.1) is 0 Å². The van der Waals surface area contributed by atoms with Crippen molar-refractivity contribution < 1.29 is 18.7 Å². The molecule has 0 aliphatic carbocycles. The zero-order valence-electron chi connectivity index (χ0n) is 20.5. The number of nitrogens with zero attached hydrogens (tertiary/aromatic N) is 2. The molecule has 0 spiro atoms. The van der Waals surface area contributed by atoms with E-state index in [0.29, 0.717) is 48.8 Å². The summed E-state index contributed by atoms with van der Waals surface area (Å²) < 4.78 is 11.8. The van der Waals surface area contributed by atoms with E-state index in [4.69, 9.17) is 9.15 Å². The SMILES string of the molecule is CCC(=O)CCCCC[C@H](NC(=O)c1ccc2c(c1)OCCN2C)c1ncc(-c2ccccc2)o1. The zero-order chi connectivity index (χ0) is 24.6. The molecule has 0 saturated heterocycles. The lowest BCUT2D eigenvalue weighted by Gasteiger charge is -2.28. The van der Waals surface area contributed by atoms with Crippen molar-refractivity contribution in [3.8, 4) is 17.1 Å². The van der Waals surface area contributed by atoms with E-state index < -0.39 is 0 Å². The van der Waals surface area contributed by atoms with E-state index >= 15 is 0 Å². The fourth-order valence-corrected chi connectivity index (χ4v) is 4.21. The van der Waals surface area contributed by atoms with Crippen molar-refractivity contribution in [3.63, 3.8) is 0 Å². The predicted molar refractivity (Wildman–Crippen MR) is 136 cm³/mol. The number of unbranched alkanes of at least 4 members (excludes halogenated alkanes) is 2. The van der Waals surface area contributed by atoms with Gasteiger partial charge in [-0.25, -0.2) is 4.98 Å². The molecule has 2 aromatic carbocycles. The third kappa shape index (κ3) is 6.29. The van der Waals surface area contributed by atoms with Gasteiger partial charge in [-0.2, -0.15) is 0 Å². The molecular weight excluding hydrogens is 442 g/mol. The van der Waals surface area contributed by atoms with Crippen molar-refractivity contribution in [2.24, 2.45) is 0 Å². The zero-order valence-corrected chi connectivity index (χ0v) is 20.5. The number of carbonyl (C=O) groups is 2. The number of hydrogen-bond acceptors (Lipinski definition) is 6. The summed E-state index contributed by atoms with van der Waals surface area (Å²) in [5.74, 6) is 1.95. The topological polar surface area (TPSA) is 84.7 Å².